The Morgan fingerprint density at radius 1 is 1.11 bits per heavy atom. The Balaban J connectivity index is 2.68. The van der Waals surface area contributed by atoms with E-state index in [1.807, 2.05) is 47.8 Å². The van der Waals surface area contributed by atoms with Crippen LogP contribution in [-0.4, -0.2) is 34.3 Å². The molecule has 0 aliphatic carbocycles. The number of carbonyl (C=O) groups is 1. The molecule has 0 radical (unpaired) electrons. The molecule has 0 unspecified atom stereocenters. The fraction of sp³-hybridized carbons (Fsp3) is 0.500. The van der Waals surface area contributed by atoms with Crippen LogP contribution in [0.4, 0.5) is 5.69 Å². The van der Waals surface area contributed by atoms with Crippen LogP contribution in [0.3, 0.4) is 0 Å². The summed E-state index contributed by atoms with van der Waals surface area (Å²) in [4.78, 5) is 13.0. The first-order valence-electron chi connectivity index (χ1n) is 6.38. The van der Waals surface area contributed by atoms with Gasteiger partial charge < -0.3 is 10.0 Å². The lowest BCUT2D eigenvalue weighted by Gasteiger charge is -2.24. The summed E-state index contributed by atoms with van der Waals surface area (Å²) >= 11 is 3.79. The molecule has 0 atom stereocenters. The Bertz CT molecular complexity index is 374. The van der Waals surface area contributed by atoms with Gasteiger partial charge in [-0.25, -0.2) is 0 Å². The van der Waals surface area contributed by atoms with Gasteiger partial charge in [-0.05, 0) is 29.2 Å². The fourth-order valence-corrected chi connectivity index (χ4v) is 2.99. The average molecular weight is 299 g/mol. The number of rotatable bonds is 9. The van der Waals surface area contributed by atoms with E-state index in [1.165, 1.54) is 0 Å². The predicted octanol–water partition coefficient (Wildman–Crippen LogP) is 3.54. The minimum atomic E-state index is -0.785. The predicted molar refractivity (Wildman–Crippen MR) is 86.3 cm³/mol. The fourth-order valence-electron chi connectivity index (χ4n) is 1.59. The van der Waals surface area contributed by atoms with Crippen molar-refractivity contribution in [2.45, 2.75) is 20.3 Å². The molecule has 0 saturated carbocycles. The van der Waals surface area contributed by atoms with Crippen molar-refractivity contribution in [2.75, 3.05) is 28.2 Å². The van der Waals surface area contributed by atoms with Crippen LogP contribution in [0.15, 0.2) is 24.3 Å². The number of carboxylic acid groups (broad SMARTS) is 1. The van der Waals surface area contributed by atoms with Gasteiger partial charge in [0.2, 0.25) is 0 Å². The summed E-state index contributed by atoms with van der Waals surface area (Å²) in [6.45, 7) is 4.32. The Labute approximate surface area is 123 Å². The van der Waals surface area contributed by atoms with Crippen molar-refractivity contribution in [3.05, 3.63) is 29.8 Å². The maximum absolute atomic E-state index is 10.7. The topological polar surface area (TPSA) is 40.5 Å². The highest BCUT2D eigenvalue weighted by atomic mass is 32.2. The number of hydrogen-bond acceptors (Lipinski definition) is 4. The van der Waals surface area contributed by atoms with Crippen molar-refractivity contribution in [3.8, 4) is 0 Å². The molecule has 1 rings (SSSR count). The van der Waals surface area contributed by atoms with Crippen molar-refractivity contribution in [2.24, 2.45) is 0 Å². The second-order valence-electron chi connectivity index (χ2n) is 4.02. The second kappa shape index (κ2) is 9.15. The molecular formula is C14H21NO2S2. The Kier molecular flexibility index (Phi) is 7.82. The zero-order chi connectivity index (χ0) is 14.1. The lowest BCUT2D eigenvalue weighted by molar-refractivity contribution is -0.136. The first-order chi connectivity index (χ1) is 9.17. The van der Waals surface area contributed by atoms with Crippen LogP contribution < -0.4 is 4.90 Å². The third kappa shape index (κ3) is 6.25. The number of nitrogens with zero attached hydrogens (tertiary/aromatic N) is 1. The van der Waals surface area contributed by atoms with E-state index >= 15 is 0 Å². The van der Waals surface area contributed by atoms with Crippen molar-refractivity contribution in [3.63, 3.8) is 0 Å². The molecule has 0 heterocycles. The lowest BCUT2D eigenvalue weighted by atomic mass is 10.1. The Morgan fingerprint density at radius 3 is 2.05 bits per heavy atom. The number of hydrogen-bond donors (Lipinski definition) is 1. The summed E-state index contributed by atoms with van der Waals surface area (Å²) in [5.41, 5.74) is 2.01. The van der Waals surface area contributed by atoms with E-state index in [2.05, 4.69) is 18.7 Å². The molecule has 0 spiro atoms. The van der Waals surface area contributed by atoms with E-state index in [0.717, 1.165) is 34.5 Å². The third-order valence-electron chi connectivity index (χ3n) is 2.56. The zero-order valence-corrected chi connectivity index (χ0v) is 13.1. The molecule has 5 heteroatoms. The SMILES string of the molecule is CCSCN(CSCC)c1ccc(CC(=O)O)cc1. The van der Waals surface area contributed by atoms with Crippen molar-refractivity contribution >= 4 is 35.2 Å². The number of benzene rings is 1. The van der Waals surface area contributed by atoms with E-state index in [-0.39, 0.29) is 6.42 Å². The van der Waals surface area contributed by atoms with Gasteiger partial charge in [-0.1, -0.05) is 26.0 Å². The van der Waals surface area contributed by atoms with Crippen LogP contribution in [0.5, 0.6) is 0 Å². The first kappa shape index (κ1) is 16.2. The summed E-state index contributed by atoms with van der Waals surface area (Å²) in [6.07, 6.45) is 0.0910. The minimum Gasteiger partial charge on any atom is -0.481 e. The molecule has 1 aromatic carbocycles. The zero-order valence-electron chi connectivity index (χ0n) is 11.5. The summed E-state index contributed by atoms with van der Waals surface area (Å²) < 4.78 is 0. The third-order valence-corrected chi connectivity index (χ3v) is 4.36. The molecule has 0 saturated heterocycles. The van der Waals surface area contributed by atoms with E-state index in [9.17, 15) is 4.79 Å². The van der Waals surface area contributed by atoms with Gasteiger partial charge in [0.25, 0.3) is 0 Å². The molecule has 0 aromatic heterocycles. The van der Waals surface area contributed by atoms with Gasteiger partial charge in [-0.15, -0.1) is 23.5 Å². The summed E-state index contributed by atoms with van der Waals surface area (Å²) in [5.74, 6) is 3.37. The summed E-state index contributed by atoms with van der Waals surface area (Å²) in [6, 6.07) is 7.85. The number of thioether (sulfide) groups is 2. The molecule has 0 amide bonds. The van der Waals surface area contributed by atoms with Crippen LogP contribution in [0.2, 0.25) is 0 Å². The molecule has 1 aromatic rings. The highest BCUT2D eigenvalue weighted by Crippen LogP contribution is 2.21. The molecule has 0 fully saturated rings. The van der Waals surface area contributed by atoms with E-state index in [4.69, 9.17) is 5.11 Å². The van der Waals surface area contributed by atoms with Crippen molar-refractivity contribution in [1.29, 1.82) is 0 Å². The van der Waals surface area contributed by atoms with Gasteiger partial charge in [0, 0.05) is 5.69 Å². The molecular weight excluding hydrogens is 278 g/mol. The summed E-state index contributed by atoms with van der Waals surface area (Å²) in [5, 5.41) is 8.76. The number of anilines is 1. The number of aliphatic carboxylic acids is 1. The number of carboxylic acids is 1. The van der Waals surface area contributed by atoms with Gasteiger partial charge in [0.1, 0.15) is 0 Å². The van der Waals surface area contributed by atoms with Gasteiger partial charge >= 0.3 is 5.97 Å². The van der Waals surface area contributed by atoms with E-state index in [1.54, 1.807) is 0 Å². The summed E-state index contributed by atoms with van der Waals surface area (Å²) in [7, 11) is 0. The Morgan fingerprint density at radius 2 is 1.63 bits per heavy atom. The maximum atomic E-state index is 10.7. The quantitative estimate of drug-likeness (QED) is 0.706. The van der Waals surface area contributed by atoms with Crippen molar-refractivity contribution < 1.29 is 9.90 Å². The normalized spacial score (nSPS) is 10.4. The molecule has 1 N–H and O–H groups in total. The van der Waals surface area contributed by atoms with Crippen LogP contribution in [0.1, 0.15) is 19.4 Å². The van der Waals surface area contributed by atoms with Gasteiger partial charge in [0.15, 0.2) is 0 Å². The monoisotopic (exact) mass is 299 g/mol. The second-order valence-corrected chi connectivity index (χ2v) is 6.51. The molecule has 106 valence electrons. The van der Waals surface area contributed by atoms with E-state index < -0.39 is 5.97 Å². The smallest absolute Gasteiger partial charge is 0.307 e. The Hall–Kier alpha value is -0.810. The van der Waals surface area contributed by atoms with Crippen molar-refractivity contribution in [1.82, 2.24) is 0 Å². The molecule has 19 heavy (non-hydrogen) atoms. The first-order valence-corrected chi connectivity index (χ1v) is 8.69. The highest BCUT2D eigenvalue weighted by Gasteiger charge is 2.07. The highest BCUT2D eigenvalue weighted by molar-refractivity contribution is 8.00. The van der Waals surface area contributed by atoms with Gasteiger partial charge in [0.05, 0.1) is 18.2 Å². The standard InChI is InChI=1S/C14H21NO2S2/c1-3-18-10-15(11-19-4-2)13-7-5-12(6-8-13)9-14(16)17/h5-8H,3-4,9-11H2,1-2H3,(H,16,17). The van der Waals surface area contributed by atoms with Crippen LogP contribution in [0.25, 0.3) is 0 Å². The van der Waals surface area contributed by atoms with Gasteiger partial charge in [-0.2, -0.15) is 0 Å². The van der Waals surface area contributed by atoms with E-state index in [0.29, 0.717) is 0 Å². The molecule has 0 aliphatic heterocycles. The van der Waals surface area contributed by atoms with Crippen LogP contribution in [-0.2, 0) is 11.2 Å². The largest absolute Gasteiger partial charge is 0.481 e. The molecule has 0 aliphatic rings. The van der Waals surface area contributed by atoms with Crippen LogP contribution >= 0.6 is 23.5 Å². The maximum Gasteiger partial charge on any atom is 0.307 e. The lowest BCUT2D eigenvalue weighted by Crippen LogP contribution is -2.22. The van der Waals surface area contributed by atoms with Gasteiger partial charge in [-0.3, -0.25) is 4.79 Å². The minimum absolute atomic E-state index is 0.0910. The van der Waals surface area contributed by atoms with Crippen LogP contribution in [0, 0.1) is 0 Å². The molecule has 0 bridgehead atoms. The average Bonchev–Trinajstić information content (AvgIpc) is 2.39. The molecule has 3 nitrogen and oxygen atoms in total.